The predicted octanol–water partition coefficient (Wildman–Crippen LogP) is 2.45. The van der Waals surface area contributed by atoms with E-state index >= 15 is 0 Å². The summed E-state index contributed by atoms with van der Waals surface area (Å²) in [6.07, 6.45) is 6.44. The molecule has 8 nitrogen and oxygen atoms in total. The number of carbonyl (C=O) groups excluding carboxylic acids is 3. The summed E-state index contributed by atoms with van der Waals surface area (Å²) in [5, 5.41) is 9.96. The van der Waals surface area contributed by atoms with E-state index in [0.717, 1.165) is 6.42 Å². The van der Waals surface area contributed by atoms with E-state index in [1.54, 1.807) is 24.0 Å². The minimum Gasteiger partial charge on any atom is -0.465 e. The van der Waals surface area contributed by atoms with Gasteiger partial charge in [-0.3, -0.25) is 14.4 Å². The molecule has 0 saturated carbocycles. The average Bonchev–Trinajstić information content (AvgIpc) is 3.42. The Bertz CT molecular complexity index is 828. The number of hydrogen-bond donors (Lipinski definition) is 1. The van der Waals surface area contributed by atoms with Crippen LogP contribution < -0.4 is 0 Å². The van der Waals surface area contributed by atoms with Crippen molar-refractivity contribution in [1.82, 2.24) is 9.80 Å². The van der Waals surface area contributed by atoms with E-state index in [1.165, 1.54) is 4.90 Å². The third-order valence-corrected chi connectivity index (χ3v) is 7.87. The second kappa shape index (κ2) is 10.2. The molecule has 0 radical (unpaired) electrons. The fourth-order valence-corrected chi connectivity index (χ4v) is 6.20. The van der Waals surface area contributed by atoms with E-state index in [0.29, 0.717) is 32.2 Å². The van der Waals surface area contributed by atoms with E-state index in [9.17, 15) is 19.5 Å². The second-order valence-corrected chi connectivity index (χ2v) is 10.1. The quantitative estimate of drug-likeness (QED) is 0.264. The van der Waals surface area contributed by atoms with Gasteiger partial charge in [-0.2, -0.15) is 0 Å². The molecular weight excluding hydrogens is 436 g/mol. The first-order chi connectivity index (χ1) is 16.2. The maximum atomic E-state index is 14.0. The SMILES string of the molecule is C=CCCCOC(=O)[C@@H]1[C@H]2C(=O)N([C@H](C)CO)C(C(=O)N(CC=C)C(C)C)C23CC[C@@]1(CC)O3. The van der Waals surface area contributed by atoms with Crippen molar-refractivity contribution in [3.05, 3.63) is 25.3 Å². The van der Waals surface area contributed by atoms with Crippen molar-refractivity contribution in [2.45, 2.75) is 89.1 Å². The lowest BCUT2D eigenvalue weighted by Gasteiger charge is -2.39. The van der Waals surface area contributed by atoms with Crippen molar-refractivity contribution >= 4 is 17.8 Å². The molecule has 3 aliphatic heterocycles. The Kier molecular flexibility index (Phi) is 7.92. The third kappa shape index (κ3) is 3.98. The lowest BCUT2D eigenvalue weighted by Crippen LogP contribution is -2.59. The van der Waals surface area contributed by atoms with Gasteiger partial charge in [-0.25, -0.2) is 0 Å². The number of aliphatic hydroxyl groups excluding tert-OH is 1. The molecule has 1 N–H and O–H groups in total. The van der Waals surface area contributed by atoms with Crippen LogP contribution in [0.4, 0.5) is 0 Å². The van der Waals surface area contributed by atoms with Crippen LogP contribution in [0.5, 0.6) is 0 Å². The van der Waals surface area contributed by atoms with Crippen molar-refractivity contribution in [2.75, 3.05) is 19.8 Å². The first-order valence-corrected chi connectivity index (χ1v) is 12.5. The Morgan fingerprint density at radius 2 is 2.00 bits per heavy atom. The number of nitrogens with zero attached hydrogens (tertiary/aromatic N) is 2. The van der Waals surface area contributed by atoms with Gasteiger partial charge in [0.15, 0.2) is 0 Å². The fourth-order valence-electron chi connectivity index (χ4n) is 6.20. The molecule has 0 aliphatic carbocycles. The average molecular weight is 477 g/mol. The molecule has 2 bridgehead atoms. The summed E-state index contributed by atoms with van der Waals surface area (Å²) in [5.74, 6) is -2.58. The summed E-state index contributed by atoms with van der Waals surface area (Å²) < 4.78 is 12.3. The summed E-state index contributed by atoms with van der Waals surface area (Å²) >= 11 is 0. The normalized spacial score (nSPS) is 32.6. The molecule has 190 valence electrons. The highest BCUT2D eigenvalue weighted by atomic mass is 16.6. The Morgan fingerprint density at radius 1 is 1.29 bits per heavy atom. The van der Waals surface area contributed by atoms with Crippen LogP contribution in [0.2, 0.25) is 0 Å². The molecule has 2 amide bonds. The molecule has 3 heterocycles. The van der Waals surface area contributed by atoms with E-state index in [1.807, 2.05) is 20.8 Å². The Hall–Kier alpha value is -2.19. The highest BCUT2D eigenvalue weighted by Crippen LogP contribution is 2.64. The van der Waals surface area contributed by atoms with Crippen LogP contribution in [0.3, 0.4) is 0 Å². The van der Waals surface area contributed by atoms with Crippen LogP contribution in [0, 0.1) is 11.8 Å². The van der Waals surface area contributed by atoms with Crippen molar-refractivity contribution in [3.8, 4) is 0 Å². The molecule has 0 aromatic heterocycles. The van der Waals surface area contributed by atoms with E-state index < -0.39 is 41.1 Å². The van der Waals surface area contributed by atoms with Crippen molar-refractivity contribution < 1.29 is 29.0 Å². The zero-order valence-electron chi connectivity index (χ0n) is 21.0. The van der Waals surface area contributed by atoms with Gasteiger partial charge in [-0.15, -0.1) is 13.2 Å². The van der Waals surface area contributed by atoms with Crippen molar-refractivity contribution in [1.29, 1.82) is 0 Å². The van der Waals surface area contributed by atoms with Crippen molar-refractivity contribution in [2.24, 2.45) is 11.8 Å². The minimum atomic E-state index is -1.12. The fraction of sp³-hybridized carbons (Fsp3) is 0.731. The molecule has 6 atom stereocenters. The third-order valence-electron chi connectivity index (χ3n) is 7.87. The molecule has 34 heavy (non-hydrogen) atoms. The van der Waals surface area contributed by atoms with Gasteiger partial charge in [0.1, 0.15) is 17.6 Å². The first kappa shape index (κ1) is 26.4. The summed E-state index contributed by atoms with van der Waals surface area (Å²) in [7, 11) is 0. The molecule has 3 rings (SSSR count). The molecule has 8 heteroatoms. The zero-order chi connectivity index (χ0) is 25.3. The minimum absolute atomic E-state index is 0.119. The number of aliphatic hydroxyl groups is 1. The molecule has 0 aromatic carbocycles. The van der Waals surface area contributed by atoms with Gasteiger partial charge < -0.3 is 24.4 Å². The van der Waals surface area contributed by atoms with Gasteiger partial charge in [-0.1, -0.05) is 19.1 Å². The van der Waals surface area contributed by atoms with E-state index in [4.69, 9.17) is 9.47 Å². The highest BCUT2D eigenvalue weighted by molar-refractivity contribution is 5.98. The number of unbranched alkanes of at least 4 members (excludes halogenated alkanes) is 1. The standard InChI is InChI=1S/C26H40N2O6/c1-7-10-11-15-33-24(32)20-19-22(30)28(18(6)16-29)21(23(31)27(14-8-2)17(4)5)26(19)13-12-25(20,9-3)34-26/h7-8,17-21,29H,1-2,9-16H2,3-6H3/t18-,19+,20+,21?,25-,26?/m1/s1. The molecule has 3 saturated heterocycles. The molecular formula is C26H40N2O6. The highest BCUT2D eigenvalue weighted by Gasteiger charge is 2.79. The van der Waals surface area contributed by atoms with Gasteiger partial charge >= 0.3 is 5.97 Å². The topological polar surface area (TPSA) is 96.4 Å². The summed E-state index contributed by atoms with van der Waals surface area (Å²) in [6, 6.07) is -1.63. The van der Waals surface area contributed by atoms with Gasteiger partial charge in [0.25, 0.3) is 0 Å². The van der Waals surface area contributed by atoms with E-state index in [-0.39, 0.29) is 31.1 Å². The summed E-state index contributed by atoms with van der Waals surface area (Å²) in [6.45, 7) is 15.2. The number of allylic oxidation sites excluding steroid dienone is 1. The zero-order valence-corrected chi connectivity index (χ0v) is 21.0. The smallest absolute Gasteiger partial charge is 0.312 e. The number of ether oxygens (including phenoxy) is 2. The number of carbonyl (C=O) groups is 3. The van der Waals surface area contributed by atoms with E-state index in [2.05, 4.69) is 13.2 Å². The van der Waals surface area contributed by atoms with Crippen LogP contribution in [0.25, 0.3) is 0 Å². The summed E-state index contributed by atoms with van der Waals surface area (Å²) in [5.41, 5.74) is -1.95. The molecule has 0 aromatic rings. The number of amides is 2. The largest absolute Gasteiger partial charge is 0.465 e. The van der Waals surface area contributed by atoms with Crippen LogP contribution in [-0.4, -0.2) is 81.8 Å². The number of fused-ring (bicyclic) bond motifs is 1. The second-order valence-electron chi connectivity index (χ2n) is 10.1. The van der Waals surface area contributed by atoms with Gasteiger partial charge in [0, 0.05) is 12.6 Å². The van der Waals surface area contributed by atoms with Crippen LogP contribution >= 0.6 is 0 Å². The van der Waals surface area contributed by atoms with Gasteiger partial charge in [0.2, 0.25) is 11.8 Å². The molecule has 2 unspecified atom stereocenters. The molecule has 3 fully saturated rings. The van der Waals surface area contributed by atoms with Crippen LogP contribution in [-0.2, 0) is 23.9 Å². The lowest BCUT2D eigenvalue weighted by molar-refractivity contribution is -0.163. The summed E-state index contributed by atoms with van der Waals surface area (Å²) in [4.78, 5) is 44.4. The monoisotopic (exact) mass is 476 g/mol. The molecule has 3 aliphatic rings. The number of likely N-dealkylation sites (tertiary alicyclic amines) is 1. The number of esters is 1. The van der Waals surface area contributed by atoms with Crippen molar-refractivity contribution in [3.63, 3.8) is 0 Å². The maximum absolute atomic E-state index is 14.0. The van der Waals surface area contributed by atoms with Gasteiger partial charge in [0.05, 0.1) is 30.8 Å². The Labute approximate surface area is 202 Å². The molecule has 1 spiro atoms. The van der Waals surface area contributed by atoms with Crippen LogP contribution in [0.1, 0.15) is 59.8 Å². The maximum Gasteiger partial charge on any atom is 0.312 e. The van der Waals surface area contributed by atoms with Gasteiger partial charge in [-0.05, 0) is 52.9 Å². The Balaban J connectivity index is 2.05. The predicted molar refractivity (Wildman–Crippen MR) is 128 cm³/mol. The lowest BCUT2D eigenvalue weighted by atomic mass is 9.65. The number of rotatable bonds is 12. The van der Waals surface area contributed by atoms with Crippen LogP contribution in [0.15, 0.2) is 25.3 Å². The first-order valence-electron chi connectivity index (χ1n) is 12.5. The Morgan fingerprint density at radius 3 is 2.56 bits per heavy atom. The number of hydrogen-bond acceptors (Lipinski definition) is 6.